The number of ether oxygens (including phenoxy) is 7. The molecule has 0 spiro atoms. The number of aliphatic carboxylic acids is 1. The largest absolute Gasteiger partial charge is 0.479 e. The van der Waals surface area contributed by atoms with Gasteiger partial charge in [-0.2, -0.15) is 0 Å². The molecule has 22 heteroatoms. The van der Waals surface area contributed by atoms with Crippen molar-refractivity contribution in [3.63, 3.8) is 0 Å². The maximum absolute atomic E-state index is 11.3. The molecule has 4 saturated heterocycles. The van der Waals surface area contributed by atoms with Gasteiger partial charge in [-0.3, -0.25) is 0 Å². The average molecular weight is 681 g/mol. The summed E-state index contributed by atoms with van der Waals surface area (Å²) >= 11 is 0. The van der Waals surface area contributed by atoms with Crippen LogP contribution in [0.25, 0.3) is 0 Å². The Bertz CT molecular complexity index is 990. The Balaban J connectivity index is 1.62. The van der Waals surface area contributed by atoms with E-state index in [1.807, 2.05) is 0 Å². The molecular weight excluding hydrogens is 640 g/mol. The molecule has 0 amide bonds. The quantitative estimate of drug-likeness (QED) is 0.102. The normalized spacial score (nSPS) is 51.9. The number of aliphatic hydroxyl groups excluding tert-OH is 13. The zero-order valence-electron chi connectivity index (χ0n) is 23.7. The van der Waals surface area contributed by atoms with Crippen LogP contribution in [0.15, 0.2) is 0 Å². The molecule has 22 nitrogen and oxygen atoms in total. The van der Waals surface area contributed by atoms with Gasteiger partial charge in [-0.05, 0) is 0 Å². The summed E-state index contributed by atoms with van der Waals surface area (Å²) in [4.78, 5) is 11.3. The van der Waals surface area contributed by atoms with Crippen LogP contribution in [0.4, 0.5) is 0 Å². The van der Waals surface area contributed by atoms with Crippen LogP contribution in [0.1, 0.15) is 0 Å². The Morgan fingerprint density at radius 1 is 0.457 bits per heavy atom. The van der Waals surface area contributed by atoms with Gasteiger partial charge < -0.3 is 105 Å². The molecule has 0 aromatic heterocycles. The molecule has 4 aliphatic rings. The van der Waals surface area contributed by atoms with E-state index in [9.17, 15) is 76.3 Å². The zero-order valence-corrected chi connectivity index (χ0v) is 23.7. The van der Waals surface area contributed by atoms with Gasteiger partial charge >= 0.3 is 5.97 Å². The highest BCUT2D eigenvalue weighted by molar-refractivity contribution is 5.73. The molecular formula is C24H40O22. The summed E-state index contributed by atoms with van der Waals surface area (Å²) in [5, 5.41) is 143. The number of carboxylic acids is 1. The van der Waals surface area contributed by atoms with Crippen LogP contribution < -0.4 is 0 Å². The maximum Gasteiger partial charge on any atom is 0.335 e. The molecule has 4 fully saturated rings. The molecule has 46 heavy (non-hydrogen) atoms. The summed E-state index contributed by atoms with van der Waals surface area (Å²) in [5.74, 6) is -1.74. The predicted molar refractivity (Wildman–Crippen MR) is 134 cm³/mol. The van der Waals surface area contributed by atoms with E-state index in [1.54, 1.807) is 0 Å². The van der Waals surface area contributed by atoms with Crippen molar-refractivity contribution in [2.75, 3.05) is 19.8 Å². The van der Waals surface area contributed by atoms with E-state index in [-0.39, 0.29) is 0 Å². The van der Waals surface area contributed by atoms with Crippen molar-refractivity contribution in [3.05, 3.63) is 0 Å². The number of hydrogen-bond acceptors (Lipinski definition) is 21. The van der Waals surface area contributed by atoms with Crippen molar-refractivity contribution in [1.29, 1.82) is 0 Å². The minimum Gasteiger partial charge on any atom is -0.479 e. The first kappa shape index (κ1) is 37.5. The number of hydrogen-bond donors (Lipinski definition) is 14. The number of rotatable bonds is 10. The fraction of sp³-hybridized carbons (Fsp3) is 0.958. The molecule has 0 aromatic carbocycles. The second kappa shape index (κ2) is 15.5. The molecule has 4 aliphatic heterocycles. The Labute approximate surface area is 258 Å². The lowest BCUT2D eigenvalue weighted by Crippen LogP contribution is -2.68. The fourth-order valence-corrected chi connectivity index (χ4v) is 5.47. The maximum atomic E-state index is 11.3. The first-order chi connectivity index (χ1) is 21.7. The van der Waals surface area contributed by atoms with Gasteiger partial charge in [-0.1, -0.05) is 0 Å². The standard InChI is InChI=1S/C24H40O22/c25-1-4-7(28)10(31)15(36)22(40-4)45-18-11(32)8(29)6(3-27)42-24(18)46-19-12(33)9(30)5(2-26)41-23(19)44-17-14(35)13(34)16(20(37)38)43-21(17)39/h4-19,21-36,39H,1-3H2,(H,37,38)/t4-,5-,6-,7-,8+,9+,10+,11+,12+,13+,14+,15-,16+,17-,18-,19-,21?,22+,23+,24+/m1/s1. The molecule has 0 bridgehead atoms. The summed E-state index contributed by atoms with van der Waals surface area (Å²) in [6.45, 7) is -2.71. The lowest BCUT2D eigenvalue weighted by molar-refractivity contribution is -0.404. The molecule has 0 saturated carbocycles. The van der Waals surface area contributed by atoms with Gasteiger partial charge in [0.1, 0.15) is 91.6 Å². The van der Waals surface area contributed by atoms with E-state index in [0.717, 1.165) is 0 Å². The monoisotopic (exact) mass is 680 g/mol. The smallest absolute Gasteiger partial charge is 0.335 e. The predicted octanol–water partition coefficient (Wildman–Crippen LogP) is -9.66. The SMILES string of the molecule is O=C(O)[C@H]1OC(O)[C@H](O[C@@H]2O[C@H](CO)[C@H](O)[C@H](O)[C@H]2O[C@@H]2O[C@H](CO)[C@H](O)[C@H](O)[C@H]2O[C@@H]2O[C@H](CO)[C@@H](O)[C@H](O)[C@H]2O)[C@@H](O)[C@@H]1O. The second-order valence-electron chi connectivity index (χ2n) is 11.2. The molecule has 1 unspecified atom stereocenters. The molecule has 20 atom stereocenters. The Morgan fingerprint density at radius 3 is 1.26 bits per heavy atom. The summed E-state index contributed by atoms with van der Waals surface area (Å²) in [5.41, 5.74) is 0. The van der Waals surface area contributed by atoms with Crippen molar-refractivity contribution < 1.29 is 109 Å². The number of aliphatic hydroxyl groups is 13. The summed E-state index contributed by atoms with van der Waals surface area (Å²) < 4.78 is 37.8. The topological polar surface area (TPSA) is 365 Å². The van der Waals surface area contributed by atoms with Crippen molar-refractivity contribution in [2.24, 2.45) is 0 Å². The van der Waals surface area contributed by atoms with Gasteiger partial charge in [-0.25, -0.2) is 4.79 Å². The number of carbonyl (C=O) groups is 1. The minimum atomic E-state index is -2.23. The molecule has 268 valence electrons. The number of carboxylic acid groups (broad SMARTS) is 1. The van der Waals surface area contributed by atoms with Gasteiger partial charge in [-0.15, -0.1) is 0 Å². The lowest BCUT2D eigenvalue weighted by atomic mass is 9.96. The molecule has 0 aromatic rings. The van der Waals surface area contributed by atoms with Gasteiger partial charge in [0.05, 0.1) is 19.8 Å². The highest BCUT2D eigenvalue weighted by Crippen LogP contribution is 2.35. The summed E-state index contributed by atoms with van der Waals surface area (Å²) in [6, 6.07) is 0. The van der Waals surface area contributed by atoms with Crippen molar-refractivity contribution >= 4 is 5.97 Å². The third-order valence-corrected chi connectivity index (χ3v) is 8.18. The van der Waals surface area contributed by atoms with Crippen LogP contribution in [-0.2, 0) is 38.0 Å². The molecule has 0 radical (unpaired) electrons. The van der Waals surface area contributed by atoms with Crippen LogP contribution in [-0.4, -0.2) is 220 Å². The van der Waals surface area contributed by atoms with Gasteiger partial charge in [0, 0.05) is 0 Å². The van der Waals surface area contributed by atoms with Crippen molar-refractivity contribution in [1.82, 2.24) is 0 Å². The highest BCUT2D eigenvalue weighted by atomic mass is 16.8. The van der Waals surface area contributed by atoms with E-state index >= 15 is 0 Å². The second-order valence-corrected chi connectivity index (χ2v) is 11.2. The first-order valence-electron chi connectivity index (χ1n) is 14.1. The van der Waals surface area contributed by atoms with Crippen molar-refractivity contribution in [2.45, 2.75) is 123 Å². The van der Waals surface area contributed by atoms with Crippen LogP contribution in [0.2, 0.25) is 0 Å². The molecule has 4 rings (SSSR count). The summed E-state index contributed by atoms with van der Waals surface area (Å²) in [7, 11) is 0. The Kier molecular flexibility index (Phi) is 12.6. The van der Waals surface area contributed by atoms with Crippen LogP contribution in [0.3, 0.4) is 0 Å². The van der Waals surface area contributed by atoms with Gasteiger partial charge in [0.25, 0.3) is 0 Å². The molecule has 0 aliphatic carbocycles. The Morgan fingerprint density at radius 2 is 0.826 bits per heavy atom. The highest BCUT2D eigenvalue weighted by Gasteiger charge is 2.56. The fourth-order valence-electron chi connectivity index (χ4n) is 5.47. The van der Waals surface area contributed by atoms with Crippen LogP contribution in [0.5, 0.6) is 0 Å². The first-order valence-corrected chi connectivity index (χ1v) is 14.1. The third-order valence-electron chi connectivity index (χ3n) is 8.18. The van der Waals surface area contributed by atoms with E-state index < -0.39 is 149 Å². The lowest BCUT2D eigenvalue weighted by Gasteiger charge is -2.49. The van der Waals surface area contributed by atoms with E-state index in [0.29, 0.717) is 0 Å². The zero-order chi connectivity index (χ0) is 34.2. The minimum absolute atomic E-state index is 0.858. The van der Waals surface area contributed by atoms with Crippen LogP contribution >= 0.6 is 0 Å². The average Bonchev–Trinajstić information content (AvgIpc) is 3.03. The van der Waals surface area contributed by atoms with E-state index in [1.165, 1.54) is 0 Å². The summed E-state index contributed by atoms with van der Waals surface area (Å²) in [6.07, 6.45) is -38.9. The molecule has 4 heterocycles. The van der Waals surface area contributed by atoms with E-state index in [4.69, 9.17) is 33.2 Å². The van der Waals surface area contributed by atoms with Gasteiger partial charge in [0.15, 0.2) is 31.3 Å². The van der Waals surface area contributed by atoms with E-state index in [2.05, 4.69) is 0 Å². The van der Waals surface area contributed by atoms with Gasteiger partial charge in [0.2, 0.25) is 0 Å². The Hall–Kier alpha value is -1.33. The third kappa shape index (κ3) is 7.31. The van der Waals surface area contributed by atoms with Crippen molar-refractivity contribution in [3.8, 4) is 0 Å². The molecule has 14 N–H and O–H groups in total. The van der Waals surface area contributed by atoms with Crippen LogP contribution in [0, 0.1) is 0 Å².